The van der Waals surface area contributed by atoms with Gasteiger partial charge in [-0.05, 0) is 34.4 Å². The summed E-state index contributed by atoms with van der Waals surface area (Å²) in [5, 5.41) is 10.0. The van der Waals surface area contributed by atoms with Crippen LogP contribution >= 0.6 is 22.7 Å². The molecule has 214 valence electrons. The molecule has 0 saturated carbocycles. The predicted molar refractivity (Wildman–Crippen MR) is 197 cm³/mol. The van der Waals surface area contributed by atoms with E-state index >= 15 is 0 Å². The Morgan fingerprint density at radius 1 is 0.370 bits per heavy atom. The van der Waals surface area contributed by atoms with Crippen LogP contribution in [-0.2, 0) is 0 Å². The molecule has 46 heavy (non-hydrogen) atoms. The summed E-state index contributed by atoms with van der Waals surface area (Å²) in [7, 11) is 0. The van der Waals surface area contributed by atoms with Crippen LogP contribution in [-0.4, -0.2) is 15.0 Å². The van der Waals surface area contributed by atoms with Gasteiger partial charge in [-0.2, -0.15) is 0 Å². The lowest BCUT2D eigenvalue weighted by Crippen LogP contribution is -2.00. The minimum Gasteiger partial charge on any atom is -0.208 e. The molecule has 0 fully saturated rings. The first kappa shape index (κ1) is 25.8. The molecule has 0 bridgehead atoms. The van der Waals surface area contributed by atoms with Crippen LogP contribution in [0.25, 0.3) is 96.1 Å². The van der Waals surface area contributed by atoms with Gasteiger partial charge in [0.05, 0.1) is 0 Å². The molecule has 10 rings (SSSR count). The van der Waals surface area contributed by atoms with Gasteiger partial charge in [0, 0.05) is 62.4 Å². The first-order chi connectivity index (χ1) is 22.8. The molecule has 0 spiro atoms. The summed E-state index contributed by atoms with van der Waals surface area (Å²) in [5.41, 5.74) is 2.96. The highest BCUT2D eigenvalue weighted by atomic mass is 32.1. The Morgan fingerprint density at radius 3 is 1.89 bits per heavy atom. The third-order valence-electron chi connectivity index (χ3n) is 8.89. The second-order valence-corrected chi connectivity index (χ2v) is 13.7. The Morgan fingerprint density at radius 2 is 1.02 bits per heavy atom. The number of hydrogen-bond donors (Lipinski definition) is 0. The Labute approximate surface area is 272 Å². The molecular formula is C41H23N3S2. The molecule has 0 aliphatic rings. The number of benzene rings is 7. The van der Waals surface area contributed by atoms with E-state index in [0.717, 1.165) is 22.1 Å². The molecule has 0 N–H and O–H groups in total. The summed E-state index contributed by atoms with van der Waals surface area (Å²) in [6.07, 6.45) is 0. The van der Waals surface area contributed by atoms with Crippen LogP contribution in [0.5, 0.6) is 0 Å². The summed E-state index contributed by atoms with van der Waals surface area (Å²) in [5.74, 6) is 2.02. The number of hydrogen-bond acceptors (Lipinski definition) is 5. The molecule has 3 nitrogen and oxygen atoms in total. The molecule has 10 aromatic rings. The van der Waals surface area contributed by atoms with Crippen LogP contribution in [0.1, 0.15) is 0 Å². The zero-order valence-electron chi connectivity index (χ0n) is 24.4. The smallest absolute Gasteiger partial charge is 0.164 e. The predicted octanol–water partition coefficient (Wildman–Crippen LogP) is 11.9. The highest BCUT2D eigenvalue weighted by molar-refractivity contribution is 7.30. The zero-order valence-corrected chi connectivity index (χ0v) is 26.1. The maximum absolute atomic E-state index is 5.21. The van der Waals surface area contributed by atoms with Crippen LogP contribution in [0.3, 0.4) is 0 Å². The van der Waals surface area contributed by atoms with Crippen LogP contribution in [0.4, 0.5) is 0 Å². The van der Waals surface area contributed by atoms with Gasteiger partial charge in [0.2, 0.25) is 0 Å². The normalized spacial score (nSPS) is 11.9. The van der Waals surface area contributed by atoms with Gasteiger partial charge in [0.25, 0.3) is 0 Å². The summed E-state index contributed by atoms with van der Waals surface area (Å²) < 4.78 is 5.22. The largest absolute Gasteiger partial charge is 0.208 e. The van der Waals surface area contributed by atoms with E-state index in [0.29, 0.717) is 17.5 Å². The highest BCUT2D eigenvalue weighted by Gasteiger charge is 2.22. The van der Waals surface area contributed by atoms with Gasteiger partial charge in [-0.15, -0.1) is 22.7 Å². The molecule has 0 radical (unpaired) electrons. The van der Waals surface area contributed by atoms with Crippen molar-refractivity contribution in [1.82, 2.24) is 15.0 Å². The summed E-state index contributed by atoms with van der Waals surface area (Å²) >= 11 is 3.76. The first-order valence-electron chi connectivity index (χ1n) is 15.3. The fourth-order valence-corrected chi connectivity index (χ4v) is 9.42. The van der Waals surface area contributed by atoms with Gasteiger partial charge in [-0.1, -0.05) is 121 Å². The van der Waals surface area contributed by atoms with Crippen molar-refractivity contribution in [2.45, 2.75) is 0 Å². The lowest BCUT2D eigenvalue weighted by atomic mass is 9.97. The van der Waals surface area contributed by atoms with Crippen molar-refractivity contribution < 1.29 is 0 Å². The van der Waals surface area contributed by atoms with Crippen molar-refractivity contribution in [2.75, 3.05) is 0 Å². The standard InChI is InChI=1S/C41H23N3S2/c1-2-12-25(13-3-1)39-42-40(27-22-21-24-11-4-5-14-26(24)23-27)44-41(43-39)31-18-10-20-33-34(31)35-28-15-6-7-16-29(28)37-36(38(35)46-33)30-17-8-9-19-32(30)45-37/h1-23H. The number of nitrogens with zero attached hydrogens (tertiary/aromatic N) is 3. The van der Waals surface area contributed by atoms with Crippen molar-refractivity contribution in [3.63, 3.8) is 0 Å². The van der Waals surface area contributed by atoms with Crippen molar-refractivity contribution >= 4 is 84.6 Å². The van der Waals surface area contributed by atoms with Gasteiger partial charge >= 0.3 is 0 Å². The van der Waals surface area contributed by atoms with Crippen molar-refractivity contribution in [3.05, 3.63) is 140 Å². The topological polar surface area (TPSA) is 38.7 Å². The fraction of sp³-hybridized carbons (Fsp3) is 0. The number of aromatic nitrogens is 3. The molecule has 3 aromatic heterocycles. The summed E-state index contributed by atoms with van der Waals surface area (Å²) in [6.45, 7) is 0. The molecule has 0 amide bonds. The number of thiophene rings is 2. The first-order valence-corrected chi connectivity index (χ1v) is 16.9. The lowest BCUT2D eigenvalue weighted by Gasteiger charge is -2.11. The second-order valence-electron chi connectivity index (χ2n) is 11.6. The molecule has 3 heterocycles. The van der Waals surface area contributed by atoms with E-state index in [9.17, 15) is 0 Å². The summed E-state index contributed by atoms with van der Waals surface area (Å²) in [4.78, 5) is 15.4. The molecule has 7 aromatic carbocycles. The molecule has 0 saturated heterocycles. The molecule has 0 aliphatic carbocycles. The second kappa shape index (κ2) is 10.0. The van der Waals surface area contributed by atoms with E-state index in [2.05, 4.69) is 121 Å². The number of rotatable bonds is 3. The van der Waals surface area contributed by atoms with Gasteiger partial charge in [-0.25, -0.2) is 15.0 Å². The minimum absolute atomic E-state index is 0.668. The van der Waals surface area contributed by atoms with E-state index in [1.54, 1.807) is 0 Å². The number of fused-ring (bicyclic) bond motifs is 11. The fourth-order valence-electron chi connectivity index (χ4n) is 6.80. The van der Waals surface area contributed by atoms with Crippen LogP contribution < -0.4 is 0 Å². The maximum atomic E-state index is 5.21. The van der Waals surface area contributed by atoms with Crippen LogP contribution in [0.2, 0.25) is 0 Å². The molecule has 0 unspecified atom stereocenters. The Hall–Kier alpha value is -5.49. The quantitative estimate of drug-likeness (QED) is 0.197. The van der Waals surface area contributed by atoms with Gasteiger partial charge in [0.1, 0.15) is 0 Å². The van der Waals surface area contributed by atoms with Gasteiger partial charge < -0.3 is 0 Å². The average Bonchev–Trinajstić information content (AvgIpc) is 3.71. The highest BCUT2D eigenvalue weighted by Crippen LogP contribution is 2.50. The van der Waals surface area contributed by atoms with Gasteiger partial charge in [0.15, 0.2) is 17.5 Å². The van der Waals surface area contributed by atoms with E-state index in [1.807, 2.05) is 40.9 Å². The minimum atomic E-state index is 0.668. The van der Waals surface area contributed by atoms with Crippen molar-refractivity contribution in [2.24, 2.45) is 0 Å². The summed E-state index contributed by atoms with van der Waals surface area (Å²) in [6, 6.07) is 49.3. The zero-order chi connectivity index (χ0) is 30.2. The van der Waals surface area contributed by atoms with E-state index in [1.165, 1.54) is 56.5 Å². The maximum Gasteiger partial charge on any atom is 0.164 e. The van der Waals surface area contributed by atoms with Crippen molar-refractivity contribution in [1.29, 1.82) is 0 Å². The van der Waals surface area contributed by atoms with Crippen LogP contribution in [0, 0.1) is 0 Å². The molecule has 0 atom stereocenters. The Kier molecular flexibility index (Phi) is 5.61. The third-order valence-corrected chi connectivity index (χ3v) is 11.3. The van der Waals surface area contributed by atoms with Gasteiger partial charge in [-0.3, -0.25) is 0 Å². The molecule has 5 heteroatoms. The Bertz CT molecular complexity index is 2810. The van der Waals surface area contributed by atoms with E-state index in [-0.39, 0.29) is 0 Å². The van der Waals surface area contributed by atoms with Crippen LogP contribution in [0.15, 0.2) is 140 Å². The van der Waals surface area contributed by atoms with Crippen molar-refractivity contribution in [3.8, 4) is 34.2 Å². The van der Waals surface area contributed by atoms with E-state index in [4.69, 9.17) is 15.0 Å². The van der Waals surface area contributed by atoms with E-state index < -0.39 is 0 Å². The Balaban J connectivity index is 1.32. The molecule has 0 aliphatic heterocycles. The average molecular weight is 622 g/mol. The monoisotopic (exact) mass is 621 g/mol. The molecular weight excluding hydrogens is 599 g/mol. The lowest BCUT2D eigenvalue weighted by molar-refractivity contribution is 1.08. The SMILES string of the molecule is c1ccc(-c2nc(-c3ccc4ccccc4c3)nc(-c3cccc4sc5c6c7ccccc7sc6c6ccccc6c5c34)n2)cc1. The third kappa shape index (κ3) is 3.86.